The maximum Gasteiger partial charge on any atom is 0.464 e. The minimum atomic E-state index is -1.46. The Morgan fingerprint density at radius 1 is 1.08 bits per heavy atom. The van der Waals surface area contributed by atoms with Crippen LogP contribution in [0.25, 0.3) is 0 Å². The van der Waals surface area contributed by atoms with Crippen LogP contribution in [0.15, 0.2) is 42.0 Å². The molecule has 0 saturated carbocycles. The number of allylic oxidation sites excluding steroid dienone is 2. The van der Waals surface area contributed by atoms with Gasteiger partial charge in [0, 0.05) is 5.82 Å². The molecule has 1 unspecified atom stereocenters. The van der Waals surface area contributed by atoms with Crippen molar-refractivity contribution in [1.29, 1.82) is 0 Å². The molecule has 1 aliphatic rings. The third kappa shape index (κ3) is 4.22. The lowest BCUT2D eigenvalue weighted by Gasteiger charge is -2.32. The topological polar surface area (TPSA) is 18.5 Å². The molecule has 1 fully saturated rings. The fourth-order valence-electron chi connectivity index (χ4n) is 3.38. The van der Waals surface area contributed by atoms with Gasteiger partial charge >= 0.3 is 7.12 Å². The van der Waals surface area contributed by atoms with Gasteiger partial charge in [-0.05, 0) is 40.7 Å². The summed E-state index contributed by atoms with van der Waals surface area (Å²) in [4.78, 5) is 0. The van der Waals surface area contributed by atoms with Crippen molar-refractivity contribution in [3.63, 3.8) is 0 Å². The van der Waals surface area contributed by atoms with E-state index in [2.05, 4.69) is 91.0 Å². The van der Waals surface area contributed by atoms with Crippen LogP contribution in [-0.2, 0) is 9.31 Å². The second kappa shape index (κ2) is 6.81. The van der Waals surface area contributed by atoms with E-state index in [0.717, 1.165) is 0 Å². The molecule has 4 heteroatoms. The fraction of sp³-hybridized carbons (Fsp3) is 0.600. The highest BCUT2D eigenvalue weighted by atomic mass is 28.3. The molecule has 0 aliphatic carbocycles. The fourth-order valence-corrected chi connectivity index (χ4v) is 6.19. The molecular weight excluding hydrogens is 311 g/mol. The third-order valence-corrected chi connectivity index (χ3v) is 8.86. The minimum absolute atomic E-state index is 0.161. The van der Waals surface area contributed by atoms with E-state index < -0.39 is 8.07 Å². The zero-order valence-corrected chi connectivity index (χ0v) is 17.6. The Bertz CT molecular complexity index is 577. The van der Waals surface area contributed by atoms with Crippen molar-refractivity contribution in [3.8, 4) is 0 Å². The Kier molecular flexibility index (Phi) is 5.53. The van der Waals surface area contributed by atoms with Crippen molar-refractivity contribution in [2.75, 3.05) is 0 Å². The summed E-state index contributed by atoms with van der Waals surface area (Å²) in [6.45, 7) is 17.8. The van der Waals surface area contributed by atoms with Crippen LogP contribution in [0.5, 0.6) is 0 Å². The number of benzene rings is 1. The van der Waals surface area contributed by atoms with E-state index in [4.69, 9.17) is 9.31 Å². The first-order valence-corrected chi connectivity index (χ1v) is 12.2. The normalized spacial score (nSPS) is 21.8. The average Bonchev–Trinajstić information content (AvgIpc) is 2.68. The summed E-state index contributed by atoms with van der Waals surface area (Å²) in [6, 6.07) is 12.1. The van der Waals surface area contributed by atoms with Crippen LogP contribution in [-0.4, -0.2) is 26.4 Å². The molecule has 0 N–H and O–H groups in total. The summed E-state index contributed by atoms with van der Waals surface area (Å²) in [5.41, 5.74) is 0.926. The number of hydrogen-bond donors (Lipinski definition) is 0. The molecule has 2 rings (SSSR count). The largest absolute Gasteiger partial charge is 0.464 e. The first kappa shape index (κ1) is 19.5. The first-order chi connectivity index (χ1) is 10.9. The molecule has 0 spiro atoms. The van der Waals surface area contributed by atoms with Crippen LogP contribution >= 0.6 is 0 Å². The van der Waals surface area contributed by atoms with Crippen LogP contribution < -0.4 is 5.19 Å². The molecule has 1 aromatic rings. The maximum atomic E-state index is 6.19. The Hall–Kier alpha value is -0.838. The predicted molar refractivity (Wildman–Crippen MR) is 108 cm³/mol. The third-order valence-electron chi connectivity index (χ3n) is 5.52. The lowest BCUT2D eigenvalue weighted by molar-refractivity contribution is 0.00578. The molecule has 0 radical (unpaired) electrons. The molecule has 1 atom stereocenters. The van der Waals surface area contributed by atoms with Crippen molar-refractivity contribution < 1.29 is 9.31 Å². The van der Waals surface area contributed by atoms with E-state index >= 15 is 0 Å². The van der Waals surface area contributed by atoms with Gasteiger partial charge in [0.05, 0.1) is 19.3 Å². The van der Waals surface area contributed by atoms with Gasteiger partial charge in [-0.1, -0.05) is 67.2 Å². The van der Waals surface area contributed by atoms with Crippen LogP contribution in [0.2, 0.25) is 25.0 Å². The number of rotatable bonds is 5. The van der Waals surface area contributed by atoms with Gasteiger partial charge in [-0.15, -0.1) is 0 Å². The molecule has 1 aliphatic heterocycles. The van der Waals surface area contributed by atoms with Crippen molar-refractivity contribution in [2.24, 2.45) is 0 Å². The SMILES string of the molecule is C/C(=C/C(C)B1OC(C)(C)C(C)(C)O1)C[Si](C)(C)c1ccccc1. The van der Waals surface area contributed by atoms with E-state index in [1.54, 1.807) is 0 Å². The molecule has 1 aromatic carbocycles. The van der Waals surface area contributed by atoms with Gasteiger partial charge < -0.3 is 9.31 Å². The lowest BCUT2D eigenvalue weighted by atomic mass is 9.72. The van der Waals surface area contributed by atoms with E-state index in [1.165, 1.54) is 16.8 Å². The van der Waals surface area contributed by atoms with Crippen molar-refractivity contribution in [2.45, 2.75) is 77.7 Å². The Labute approximate surface area is 149 Å². The van der Waals surface area contributed by atoms with Gasteiger partial charge in [0.2, 0.25) is 0 Å². The Balaban J connectivity index is 2.06. The van der Waals surface area contributed by atoms with Gasteiger partial charge in [0.25, 0.3) is 0 Å². The highest BCUT2D eigenvalue weighted by Gasteiger charge is 2.52. The van der Waals surface area contributed by atoms with Gasteiger partial charge in [-0.25, -0.2) is 0 Å². The number of hydrogen-bond acceptors (Lipinski definition) is 2. The maximum absolute atomic E-state index is 6.19. The van der Waals surface area contributed by atoms with Crippen LogP contribution in [0, 0.1) is 0 Å². The molecule has 0 aromatic heterocycles. The summed E-state index contributed by atoms with van der Waals surface area (Å²) >= 11 is 0. The molecule has 132 valence electrons. The van der Waals surface area contributed by atoms with Gasteiger partial charge in [-0.2, -0.15) is 0 Å². The van der Waals surface area contributed by atoms with Gasteiger partial charge in [0.15, 0.2) is 0 Å². The highest BCUT2D eigenvalue weighted by molar-refractivity contribution is 6.90. The first-order valence-electron chi connectivity index (χ1n) is 9.03. The minimum Gasteiger partial charge on any atom is -0.403 e. The van der Waals surface area contributed by atoms with Crippen molar-refractivity contribution in [3.05, 3.63) is 42.0 Å². The molecule has 1 heterocycles. The van der Waals surface area contributed by atoms with Crippen LogP contribution in [0.4, 0.5) is 0 Å². The van der Waals surface area contributed by atoms with Crippen molar-refractivity contribution >= 4 is 20.4 Å². The monoisotopic (exact) mass is 344 g/mol. The zero-order valence-electron chi connectivity index (χ0n) is 16.6. The zero-order chi connectivity index (χ0) is 18.2. The smallest absolute Gasteiger partial charge is 0.403 e. The van der Waals surface area contributed by atoms with E-state index in [9.17, 15) is 0 Å². The predicted octanol–water partition coefficient (Wildman–Crippen LogP) is 5.03. The Morgan fingerprint density at radius 3 is 2.08 bits per heavy atom. The van der Waals surface area contributed by atoms with E-state index in [0.29, 0.717) is 0 Å². The van der Waals surface area contributed by atoms with E-state index in [-0.39, 0.29) is 24.1 Å². The molecule has 24 heavy (non-hydrogen) atoms. The summed E-state index contributed by atoms with van der Waals surface area (Å²) in [7, 11) is -1.62. The summed E-state index contributed by atoms with van der Waals surface area (Å²) in [6.07, 6.45) is 2.35. The average molecular weight is 344 g/mol. The molecule has 0 bridgehead atoms. The molecule has 1 saturated heterocycles. The molecule has 2 nitrogen and oxygen atoms in total. The van der Waals surface area contributed by atoms with Crippen molar-refractivity contribution in [1.82, 2.24) is 0 Å². The summed E-state index contributed by atoms with van der Waals surface area (Å²) < 4.78 is 12.4. The van der Waals surface area contributed by atoms with Gasteiger partial charge in [-0.3, -0.25) is 0 Å². The van der Waals surface area contributed by atoms with E-state index in [1.807, 2.05) is 0 Å². The molecule has 0 amide bonds. The highest BCUT2D eigenvalue weighted by Crippen LogP contribution is 2.40. The molecular formula is C20H33BO2Si. The lowest BCUT2D eigenvalue weighted by Crippen LogP contribution is -2.41. The standard InChI is InChI=1S/C20H33BO2Si/c1-16(15-24(7,8)18-12-10-9-11-13-18)14-17(2)21-22-19(3,4)20(5,6)23-21/h9-14,17H,15H2,1-8H3/b16-14-. The summed E-state index contributed by atoms with van der Waals surface area (Å²) in [5, 5.41) is 1.51. The second-order valence-electron chi connectivity index (χ2n) is 8.92. The Morgan fingerprint density at radius 2 is 1.58 bits per heavy atom. The van der Waals surface area contributed by atoms with Crippen LogP contribution in [0.1, 0.15) is 41.5 Å². The quantitative estimate of drug-likeness (QED) is 0.551. The second-order valence-corrected chi connectivity index (χ2v) is 13.6. The summed E-state index contributed by atoms with van der Waals surface area (Å²) in [5.74, 6) is 0.256. The van der Waals surface area contributed by atoms with Gasteiger partial charge in [0.1, 0.15) is 0 Å². The van der Waals surface area contributed by atoms with Crippen LogP contribution in [0.3, 0.4) is 0 Å².